The largest absolute Gasteiger partial charge is 0.494 e. The zero-order valence-corrected chi connectivity index (χ0v) is 16.2. The Labute approximate surface area is 165 Å². The molecule has 3 rings (SSSR count). The fraction of sp³-hybridized carbons (Fsp3) is 0.350. The summed E-state index contributed by atoms with van der Waals surface area (Å²) >= 11 is 1.41. The van der Waals surface area contributed by atoms with Crippen molar-refractivity contribution in [1.82, 2.24) is 0 Å². The summed E-state index contributed by atoms with van der Waals surface area (Å²) in [5.41, 5.74) is 1.95. The Morgan fingerprint density at radius 2 is 2.11 bits per heavy atom. The van der Waals surface area contributed by atoms with Gasteiger partial charge in [0.1, 0.15) is 11.1 Å². The maximum absolute atomic E-state index is 13.7. The van der Waals surface area contributed by atoms with Crippen molar-refractivity contribution in [3.63, 3.8) is 0 Å². The number of halogens is 1. The number of nitrogens with zero attached hydrogens (tertiary/aromatic N) is 1. The standard InChI is InChI=1S/C20H19FN2O4S/c1-26-16-7-6-12(8-15(16)21)9-19(25)27-11-18(24)23-20-14(10-22)13-4-2-3-5-17(13)28-20/h6-8H,2-5,9,11H2,1H3,(H,23,24). The minimum atomic E-state index is -0.648. The SMILES string of the molecule is COc1ccc(CC(=O)OCC(=O)Nc2sc3c(c2C#N)CCCC3)cc1F. The molecule has 0 saturated carbocycles. The van der Waals surface area contributed by atoms with Gasteiger partial charge in [-0.05, 0) is 48.9 Å². The molecule has 28 heavy (non-hydrogen) atoms. The summed E-state index contributed by atoms with van der Waals surface area (Å²) in [5.74, 6) is -1.64. The second-order valence-corrected chi connectivity index (χ2v) is 7.49. The Kier molecular flexibility index (Phi) is 6.26. The van der Waals surface area contributed by atoms with Crippen LogP contribution >= 0.6 is 11.3 Å². The van der Waals surface area contributed by atoms with Crippen molar-refractivity contribution in [1.29, 1.82) is 5.26 Å². The number of benzene rings is 1. The summed E-state index contributed by atoms with van der Waals surface area (Å²) in [6.07, 6.45) is 3.71. The van der Waals surface area contributed by atoms with Crippen LogP contribution in [0.1, 0.15) is 34.4 Å². The molecule has 0 saturated heterocycles. The first-order chi connectivity index (χ1) is 13.5. The number of methoxy groups -OCH3 is 1. The summed E-state index contributed by atoms with van der Waals surface area (Å²) in [6, 6.07) is 6.33. The fourth-order valence-corrected chi connectivity index (χ4v) is 4.37. The summed E-state index contributed by atoms with van der Waals surface area (Å²) in [4.78, 5) is 25.2. The Bertz CT molecular complexity index is 948. The molecule has 1 aromatic heterocycles. The number of hydrogen-bond acceptors (Lipinski definition) is 6. The highest BCUT2D eigenvalue weighted by Gasteiger charge is 2.22. The first-order valence-electron chi connectivity index (χ1n) is 8.84. The van der Waals surface area contributed by atoms with E-state index in [1.807, 2.05) is 0 Å². The number of rotatable bonds is 6. The van der Waals surface area contributed by atoms with Gasteiger partial charge in [-0.15, -0.1) is 11.3 Å². The van der Waals surface area contributed by atoms with Crippen LogP contribution in [0, 0.1) is 17.1 Å². The number of anilines is 1. The molecule has 0 bridgehead atoms. The highest BCUT2D eigenvalue weighted by Crippen LogP contribution is 2.37. The predicted molar refractivity (Wildman–Crippen MR) is 102 cm³/mol. The Hall–Kier alpha value is -2.92. The van der Waals surface area contributed by atoms with Crippen molar-refractivity contribution in [3.05, 3.63) is 45.6 Å². The summed E-state index contributed by atoms with van der Waals surface area (Å²) in [7, 11) is 1.35. The van der Waals surface area contributed by atoms with Gasteiger partial charge in [0, 0.05) is 4.88 Å². The Morgan fingerprint density at radius 3 is 2.82 bits per heavy atom. The molecule has 2 aromatic rings. The Balaban J connectivity index is 1.54. The minimum Gasteiger partial charge on any atom is -0.494 e. The molecule has 0 spiro atoms. The van der Waals surface area contributed by atoms with Crippen molar-refractivity contribution in [2.45, 2.75) is 32.1 Å². The van der Waals surface area contributed by atoms with E-state index in [-0.39, 0.29) is 12.2 Å². The maximum atomic E-state index is 13.7. The third-order valence-corrected chi connectivity index (χ3v) is 5.67. The molecule has 1 heterocycles. The van der Waals surface area contributed by atoms with Crippen LogP contribution in [-0.4, -0.2) is 25.6 Å². The van der Waals surface area contributed by atoms with Gasteiger partial charge in [-0.25, -0.2) is 4.39 Å². The maximum Gasteiger partial charge on any atom is 0.310 e. The zero-order chi connectivity index (χ0) is 20.1. The number of amides is 1. The van der Waals surface area contributed by atoms with Gasteiger partial charge >= 0.3 is 5.97 Å². The first kappa shape index (κ1) is 19.8. The zero-order valence-electron chi connectivity index (χ0n) is 15.3. The molecular weight excluding hydrogens is 383 g/mol. The second-order valence-electron chi connectivity index (χ2n) is 6.38. The molecule has 1 aromatic carbocycles. The lowest BCUT2D eigenvalue weighted by Gasteiger charge is -2.09. The molecular formula is C20H19FN2O4S. The highest BCUT2D eigenvalue weighted by atomic mass is 32.1. The predicted octanol–water partition coefficient (Wildman–Crippen LogP) is 3.37. The van der Waals surface area contributed by atoms with Crippen LogP contribution in [0.2, 0.25) is 0 Å². The quantitative estimate of drug-likeness (QED) is 0.749. The highest BCUT2D eigenvalue weighted by molar-refractivity contribution is 7.16. The molecule has 0 fully saturated rings. The normalized spacial score (nSPS) is 12.6. The van der Waals surface area contributed by atoms with E-state index in [4.69, 9.17) is 9.47 Å². The third-order valence-electron chi connectivity index (χ3n) is 4.46. The molecule has 0 atom stereocenters. The second kappa shape index (κ2) is 8.85. The molecule has 1 aliphatic carbocycles. The van der Waals surface area contributed by atoms with Crippen LogP contribution in [0.15, 0.2) is 18.2 Å². The van der Waals surface area contributed by atoms with Crippen LogP contribution in [0.5, 0.6) is 5.75 Å². The molecule has 6 nitrogen and oxygen atoms in total. The number of ether oxygens (including phenoxy) is 2. The molecule has 8 heteroatoms. The molecule has 1 aliphatic rings. The fourth-order valence-electron chi connectivity index (χ4n) is 3.12. The lowest BCUT2D eigenvalue weighted by Crippen LogP contribution is -2.21. The lowest BCUT2D eigenvalue weighted by atomic mass is 9.96. The number of carbonyl (C=O) groups excluding carboxylic acids is 2. The van der Waals surface area contributed by atoms with E-state index in [1.54, 1.807) is 6.07 Å². The van der Waals surface area contributed by atoms with Crippen molar-refractivity contribution < 1.29 is 23.5 Å². The number of esters is 1. The van der Waals surface area contributed by atoms with E-state index in [9.17, 15) is 19.2 Å². The average molecular weight is 402 g/mol. The Morgan fingerprint density at radius 1 is 1.32 bits per heavy atom. The van der Waals surface area contributed by atoms with Gasteiger partial charge in [-0.2, -0.15) is 5.26 Å². The molecule has 0 unspecified atom stereocenters. The van der Waals surface area contributed by atoms with Crippen molar-refractivity contribution in [3.8, 4) is 11.8 Å². The number of carbonyl (C=O) groups is 2. The van der Waals surface area contributed by atoms with Crippen LogP contribution in [0.25, 0.3) is 0 Å². The van der Waals surface area contributed by atoms with Gasteiger partial charge in [0.2, 0.25) is 0 Å². The number of thiophene rings is 1. The molecule has 146 valence electrons. The molecule has 0 aliphatic heterocycles. The van der Waals surface area contributed by atoms with Gasteiger partial charge in [-0.1, -0.05) is 6.07 Å². The van der Waals surface area contributed by atoms with Crippen molar-refractivity contribution in [2.24, 2.45) is 0 Å². The van der Waals surface area contributed by atoms with Crippen LogP contribution in [-0.2, 0) is 33.6 Å². The van der Waals surface area contributed by atoms with Crippen molar-refractivity contribution >= 4 is 28.2 Å². The van der Waals surface area contributed by atoms with Gasteiger partial charge < -0.3 is 14.8 Å². The van der Waals surface area contributed by atoms with Gasteiger partial charge in [0.05, 0.1) is 19.1 Å². The summed E-state index contributed by atoms with van der Waals surface area (Å²) < 4.78 is 23.5. The van der Waals surface area contributed by atoms with E-state index in [0.717, 1.165) is 36.1 Å². The van der Waals surface area contributed by atoms with Crippen LogP contribution in [0.4, 0.5) is 9.39 Å². The number of fused-ring (bicyclic) bond motifs is 1. The summed E-state index contributed by atoms with van der Waals surface area (Å²) in [5, 5.41) is 12.6. The number of nitriles is 1. The number of aryl methyl sites for hydroxylation is 1. The van der Waals surface area contributed by atoms with E-state index >= 15 is 0 Å². The average Bonchev–Trinajstić information content (AvgIpc) is 3.03. The first-order valence-corrected chi connectivity index (χ1v) is 9.66. The molecule has 1 N–H and O–H groups in total. The topological polar surface area (TPSA) is 88.4 Å². The summed E-state index contributed by atoms with van der Waals surface area (Å²) in [6.45, 7) is -0.467. The smallest absolute Gasteiger partial charge is 0.310 e. The van der Waals surface area contributed by atoms with E-state index in [1.165, 1.54) is 30.6 Å². The van der Waals surface area contributed by atoms with E-state index in [0.29, 0.717) is 16.1 Å². The molecule has 0 radical (unpaired) electrons. The number of hydrogen-bond donors (Lipinski definition) is 1. The van der Waals surface area contributed by atoms with Crippen LogP contribution < -0.4 is 10.1 Å². The van der Waals surface area contributed by atoms with Gasteiger partial charge in [-0.3, -0.25) is 9.59 Å². The van der Waals surface area contributed by atoms with Crippen molar-refractivity contribution in [2.75, 3.05) is 19.0 Å². The van der Waals surface area contributed by atoms with E-state index < -0.39 is 24.3 Å². The lowest BCUT2D eigenvalue weighted by molar-refractivity contribution is -0.146. The van der Waals surface area contributed by atoms with Gasteiger partial charge in [0.25, 0.3) is 5.91 Å². The molecule has 1 amide bonds. The number of nitrogens with one attached hydrogen (secondary N) is 1. The van der Waals surface area contributed by atoms with Crippen LogP contribution in [0.3, 0.4) is 0 Å². The third kappa shape index (κ3) is 4.49. The van der Waals surface area contributed by atoms with E-state index in [2.05, 4.69) is 11.4 Å². The van der Waals surface area contributed by atoms with Gasteiger partial charge in [0.15, 0.2) is 18.2 Å². The monoisotopic (exact) mass is 402 g/mol. The minimum absolute atomic E-state index is 0.0865.